The fraction of sp³-hybridized carbons (Fsp3) is 0.565. The van der Waals surface area contributed by atoms with Gasteiger partial charge in [-0.15, -0.1) is 11.6 Å². The van der Waals surface area contributed by atoms with Gasteiger partial charge in [0, 0.05) is 5.88 Å². The van der Waals surface area contributed by atoms with Crippen LogP contribution in [0.5, 0.6) is 11.5 Å². The van der Waals surface area contributed by atoms with Gasteiger partial charge < -0.3 is 9.47 Å². The minimum absolute atomic E-state index is 0.788. The summed E-state index contributed by atoms with van der Waals surface area (Å²) in [6, 6.07) is 10.6. The molecular formula is C23H33ClO2. The van der Waals surface area contributed by atoms with Crippen molar-refractivity contribution in [3.8, 4) is 11.5 Å². The molecule has 0 aliphatic carbocycles. The Balaban J connectivity index is 1.82. The highest BCUT2D eigenvalue weighted by Gasteiger charge is 2.06. The van der Waals surface area contributed by atoms with Gasteiger partial charge in [0.05, 0.1) is 13.2 Å². The normalized spacial score (nSPS) is 11.0. The molecule has 0 radical (unpaired) electrons. The van der Waals surface area contributed by atoms with Crippen LogP contribution in [-0.4, -0.2) is 19.1 Å². The van der Waals surface area contributed by atoms with Crippen molar-refractivity contribution in [1.82, 2.24) is 0 Å². The van der Waals surface area contributed by atoms with Crippen LogP contribution in [0.15, 0.2) is 30.3 Å². The van der Waals surface area contributed by atoms with E-state index < -0.39 is 0 Å². The van der Waals surface area contributed by atoms with Crippen LogP contribution in [0.4, 0.5) is 0 Å². The van der Waals surface area contributed by atoms with E-state index in [4.69, 9.17) is 21.1 Å². The second-order valence-corrected chi connectivity index (χ2v) is 7.31. The molecule has 2 nitrogen and oxygen atoms in total. The molecule has 0 aromatic heterocycles. The molecule has 0 unspecified atom stereocenters. The SMILES string of the molecule is CCCCOc1ccc2cc(OCCCCCCCCCl)ccc2c1C. The number of aryl methyl sites for hydroxylation is 1. The molecule has 0 aliphatic rings. The van der Waals surface area contributed by atoms with Gasteiger partial charge in [-0.2, -0.15) is 0 Å². The molecule has 144 valence electrons. The zero-order chi connectivity index (χ0) is 18.6. The molecule has 0 saturated heterocycles. The number of rotatable bonds is 13. The Morgan fingerprint density at radius 2 is 1.54 bits per heavy atom. The lowest BCUT2D eigenvalue weighted by Crippen LogP contribution is -1.99. The summed E-state index contributed by atoms with van der Waals surface area (Å²) in [5.74, 6) is 2.74. The van der Waals surface area contributed by atoms with Crippen molar-refractivity contribution in [2.45, 2.75) is 65.2 Å². The van der Waals surface area contributed by atoms with E-state index >= 15 is 0 Å². The molecule has 0 atom stereocenters. The fourth-order valence-electron chi connectivity index (χ4n) is 3.11. The summed E-state index contributed by atoms with van der Waals surface area (Å²) in [7, 11) is 0. The lowest BCUT2D eigenvalue weighted by atomic mass is 10.0. The van der Waals surface area contributed by atoms with Crippen molar-refractivity contribution >= 4 is 22.4 Å². The molecule has 2 aromatic rings. The third-order valence-corrected chi connectivity index (χ3v) is 5.03. The number of ether oxygens (including phenoxy) is 2. The largest absolute Gasteiger partial charge is 0.494 e. The number of halogens is 1. The van der Waals surface area contributed by atoms with Crippen molar-refractivity contribution in [3.05, 3.63) is 35.9 Å². The standard InChI is InChI=1S/C23H33ClO2/c1-3-4-16-26-23-14-11-20-18-21(12-13-22(20)19(23)2)25-17-10-8-6-5-7-9-15-24/h11-14,18H,3-10,15-17H2,1-2H3. The summed E-state index contributed by atoms with van der Waals surface area (Å²) < 4.78 is 11.8. The summed E-state index contributed by atoms with van der Waals surface area (Å²) in [4.78, 5) is 0. The maximum absolute atomic E-state index is 5.94. The topological polar surface area (TPSA) is 18.5 Å². The van der Waals surface area contributed by atoms with Crippen LogP contribution < -0.4 is 9.47 Å². The van der Waals surface area contributed by atoms with Crippen LogP contribution in [-0.2, 0) is 0 Å². The van der Waals surface area contributed by atoms with Crippen molar-refractivity contribution in [3.63, 3.8) is 0 Å². The first-order chi connectivity index (χ1) is 12.8. The van der Waals surface area contributed by atoms with Crippen LogP contribution in [0.1, 0.15) is 63.9 Å². The fourth-order valence-corrected chi connectivity index (χ4v) is 3.30. The number of unbranched alkanes of at least 4 members (excludes halogenated alkanes) is 6. The van der Waals surface area contributed by atoms with E-state index in [2.05, 4.69) is 44.2 Å². The first-order valence-corrected chi connectivity index (χ1v) is 10.6. The monoisotopic (exact) mass is 376 g/mol. The van der Waals surface area contributed by atoms with Crippen molar-refractivity contribution in [2.24, 2.45) is 0 Å². The molecule has 0 aliphatic heterocycles. The lowest BCUT2D eigenvalue weighted by Gasteiger charge is -2.12. The Kier molecular flexibility index (Phi) is 9.70. The first kappa shape index (κ1) is 20.9. The predicted octanol–water partition coefficient (Wildman–Crippen LogP) is 7.29. The second-order valence-electron chi connectivity index (χ2n) is 6.93. The van der Waals surface area contributed by atoms with Crippen molar-refractivity contribution in [1.29, 1.82) is 0 Å². The third kappa shape index (κ3) is 6.72. The van der Waals surface area contributed by atoms with Crippen LogP contribution in [0.3, 0.4) is 0 Å². The van der Waals surface area contributed by atoms with Gasteiger partial charge in [-0.1, -0.05) is 51.2 Å². The molecule has 3 heteroatoms. The van der Waals surface area contributed by atoms with E-state index in [-0.39, 0.29) is 0 Å². The Morgan fingerprint density at radius 3 is 2.31 bits per heavy atom. The highest BCUT2D eigenvalue weighted by atomic mass is 35.5. The van der Waals surface area contributed by atoms with Gasteiger partial charge in [-0.05, 0) is 60.7 Å². The molecule has 26 heavy (non-hydrogen) atoms. The minimum Gasteiger partial charge on any atom is -0.494 e. The third-order valence-electron chi connectivity index (χ3n) is 4.76. The Bertz CT molecular complexity index is 654. The van der Waals surface area contributed by atoms with Gasteiger partial charge in [0.2, 0.25) is 0 Å². The average Bonchev–Trinajstić information content (AvgIpc) is 2.66. The van der Waals surface area contributed by atoms with Crippen molar-refractivity contribution in [2.75, 3.05) is 19.1 Å². The molecule has 0 saturated carbocycles. The lowest BCUT2D eigenvalue weighted by molar-refractivity contribution is 0.304. The van der Waals surface area contributed by atoms with E-state index in [1.54, 1.807) is 0 Å². The maximum Gasteiger partial charge on any atom is 0.122 e. The van der Waals surface area contributed by atoms with Crippen molar-refractivity contribution < 1.29 is 9.47 Å². The Hall–Kier alpha value is -1.41. The quantitative estimate of drug-likeness (QED) is 0.270. The van der Waals surface area contributed by atoms with Gasteiger partial charge in [-0.3, -0.25) is 0 Å². The van der Waals surface area contributed by atoms with Crippen LogP contribution in [0.2, 0.25) is 0 Å². The molecule has 0 amide bonds. The molecule has 0 heterocycles. The molecule has 2 rings (SSSR count). The summed E-state index contributed by atoms with van der Waals surface area (Å²) in [6.45, 7) is 5.89. The smallest absolute Gasteiger partial charge is 0.122 e. The van der Waals surface area contributed by atoms with E-state index in [0.717, 1.165) is 56.3 Å². The predicted molar refractivity (Wildman–Crippen MR) is 113 cm³/mol. The summed E-state index contributed by atoms with van der Waals surface area (Å²) >= 11 is 5.69. The zero-order valence-corrected chi connectivity index (χ0v) is 17.1. The molecular weight excluding hydrogens is 344 g/mol. The van der Waals surface area contributed by atoms with Crippen LogP contribution in [0, 0.1) is 6.92 Å². The number of hydrogen-bond acceptors (Lipinski definition) is 2. The molecule has 0 N–H and O–H groups in total. The van der Waals surface area contributed by atoms with Gasteiger partial charge in [-0.25, -0.2) is 0 Å². The van der Waals surface area contributed by atoms with E-state index in [0.29, 0.717) is 0 Å². The number of hydrogen-bond donors (Lipinski definition) is 0. The summed E-state index contributed by atoms with van der Waals surface area (Å²) in [6.07, 6.45) is 9.54. The van der Waals surface area contributed by atoms with E-state index in [9.17, 15) is 0 Å². The highest BCUT2D eigenvalue weighted by Crippen LogP contribution is 2.30. The Morgan fingerprint density at radius 1 is 0.808 bits per heavy atom. The van der Waals surface area contributed by atoms with Gasteiger partial charge in [0.15, 0.2) is 0 Å². The number of alkyl halides is 1. The second kappa shape index (κ2) is 12.1. The molecule has 0 spiro atoms. The minimum atomic E-state index is 0.788. The summed E-state index contributed by atoms with van der Waals surface area (Å²) in [5.41, 5.74) is 1.21. The van der Waals surface area contributed by atoms with Crippen LogP contribution in [0.25, 0.3) is 10.8 Å². The van der Waals surface area contributed by atoms with Crippen LogP contribution >= 0.6 is 11.6 Å². The molecule has 0 bridgehead atoms. The van der Waals surface area contributed by atoms with Gasteiger partial charge in [0.1, 0.15) is 11.5 Å². The average molecular weight is 377 g/mol. The zero-order valence-electron chi connectivity index (χ0n) is 16.4. The number of fused-ring (bicyclic) bond motifs is 1. The van der Waals surface area contributed by atoms with Gasteiger partial charge in [0.25, 0.3) is 0 Å². The molecule has 2 aromatic carbocycles. The first-order valence-electron chi connectivity index (χ1n) is 10.1. The Labute approximate surface area is 163 Å². The molecule has 0 fully saturated rings. The van der Waals surface area contributed by atoms with Gasteiger partial charge >= 0.3 is 0 Å². The highest BCUT2D eigenvalue weighted by molar-refractivity contribution is 6.17. The van der Waals surface area contributed by atoms with E-state index in [1.165, 1.54) is 42.0 Å². The number of benzene rings is 2. The summed E-state index contributed by atoms with van der Waals surface area (Å²) in [5, 5.41) is 2.45. The van der Waals surface area contributed by atoms with E-state index in [1.807, 2.05) is 0 Å². The maximum atomic E-state index is 5.94.